The molecule has 5 nitrogen and oxygen atoms in total. The lowest BCUT2D eigenvalue weighted by Gasteiger charge is -2.11. The number of fused-ring (bicyclic) bond motifs is 9. The van der Waals surface area contributed by atoms with E-state index < -0.39 is 0 Å². The fourth-order valence-electron chi connectivity index (χ4n) is 7.88. The number of aromatic nitrogens is 4. The molecule has 5 heterocycles. The Hall–Kier alpha value is -6.98. The molecule has 0 saturated heterocycles. The lowest BCUT2D eigenvalue weighted by Crippen LogP contribution is -1.96. The number of pyridine rings is 2. The van der Waals surface area contributed by atoms with Crippen molar-refractivity contribution in [3.05, 3.63) is 170 Å². The lowest BCUT2D eigenvalue weighted by atomic mass is 10.1. The summed E-state index contributed by atoms with van der Waals surface area (Å²) in [5, 5.41) is 4.84. The smallest absolute Gasteiger partial charge is 0.155 e. The average Bonchev–Trinajstić information content (AvgIpc) is 3.85. The number of para-hydroxylation sites is 5. The molecule has 6 aromatic carbocycles. The van der Waals surface area contributed by atoms with Crippen LogP contribution >= 0.6 is 0 Å². The Morgan fingerprint density at radius 2 is 0.941 bits per heavy atom. The summed E-state index contributed by atoms with van der Waals surface area (Å²) in [6.07, 6.45) is 0. The summed E-state index contributed by atoms with van der Waals surface area (Å²) >= 11 is 0. The topological polar surface area (TPSA) is 48.8 Å². The van der Waals surface area contributed by atoms with E-state index in [0.717, 1.165) is 67.1 Å². The van der Waals surface area contributed by atoms with Gasteiger partial charge in [0.2, 0.25) is 0 Å². The number of nitrogens with zero attached hydrogens (tertiary/aromatic N) is 4. The van der Waals surface area contributed by atoms with Gasteiger partial charge in [0.1, 0.15) is 11.0 Å². The molecule has 0 aliphatic heterocycles. The minimum atomic E-state index is 0.717. The van der Waals surface area contributed by atoms with E-state index in [-0.39, 0.29) is 0 Å². The Labute approximate surface area is 292 Å². The molecule has 0 amide bonds. The third kappa shape index (κ3) is 4.15. The van der Waals surface area contributed by atoms with Crippen LogP contribution in [0, 0.1) is 0 Å². The molecular formula is C46H28N4O. The molecule has 5 aromatic heterocycles. The highest BCUT2D eigenvalue weighted by Crippen LogP contribution is 2.39. The number of rotatable bonds is 4. The first-order valence-corrected chi connectivity index (χ1v) is 17.2. The first-order valence-electron chi connectivity index (χ1n) is 17.2. The van der Waals surface area contributed by atoms with Crippen molar-refractivity contribution in [2.24, 2.45) is 0 Å². The fraction of sp³-hybridized carbons (Fsp3) is 0. The molecule has 0 unspecified atom stereocenters. The van der Waals surface area contributed by atoms with E-state index in [1.54, 1.807) is 0 Å². The van der Waals surface area contributed by atoms with Crippen molar-refractivity contribution in [2.75, 3.05) is 0 Å². The van der Waals surface area contributed by atoms with E-state index >= 15 is 0 Å². The molecule has 11 aromatic rings. The summed E-state index contributed by atoms with van der Waals surface area (Å²) in [6.45, 7) is 0. The van der Waals surface area contributed by atoms with Crippen LogP contribution in [0.2, 0.25) is 0 Å². The molecule has 5 heteroatoms. The largest absolute Gasteiger partial charge is 0.453 e. The van der Waals surface area contributed by atoms with Gasteiger partial charge in [0.25, 0.3) is 0 Å². The van der Waals surface area contributed by atoms with Crippen molar-refractivity contribution in [3.63, 3.8) is 0 Å². The van der Waals surface area contributed by atoms with Gasteiger partial charge in [-0.05, 0) is 66.7 Å². The Kier molecular flexibility index (Phi) is 5.89. The van der Waals surface area contributed by atoms with Crippen molar-refractivity contribution >= 4 is 65.8 Å². The number of furan rings is 1. The van der Waals surface area contributed by atoms with E-state index in [1.807, 2.05) is 18.2 Å². The van der Waals surface area contributed by atoms with E-state index in [9.17, 15) is 0 Å². The van der Waals surface area contributed by atoms with Gasteiger partial charge in [-0.2, -0.15) is 0 Å². The van der Waals surface area contributed by atoms with Gasteiger partial charge >= 0.3 is 0 Å². The van der Waals surface area contributed by atoms with Crippen molar-refractivity contribution < 1.29 is 4.42 Å². The zero-order valence-electron chi connectivity index (χ0n) is 27.4. The summed E-state index contributed by atoms with van der Waals surface area (Å²) in [7, 11) is 0. The third-order valence-electron chi connectivity index (χ3n) is 10.1. The quantitative estimate of drug-likeness (QED) is 0.190. The van der Waals surface area contributed by atoms with Gasteiger partial charge in [0, 0.05) is 44.0 Å². The van der Waals surface area contributed by atoms with Crippen LogP contribution in [0.4, 0.5) is 0 Å². The van der Waals surface area contributed by atoms with Crippen LogP contribution in [-0.2, 0) is 0 Å². The maximum Gasteiger partial charge on any atom is 0.155 e. The molecular weight excluding hydrogens is 625 g/mol. The molecule has 0 N–H and O–H groups in total. The van der Waals surface area contributed by atoms with Gasteiger partial charge in [-0.3, -0.25) is 0 Å². The van der Waals surface area contributed by atoms with E-state index in [4.69, 9.17) is 14.4 Å². The maximum atomic E-state index is 6.32. The predicted molar refractivity (Wildman–Crippen MR) is 209 cm³/mol. The van der Waals surface area contributed by atoms with Crippen LogP contribution in [0.3, 0.4) is 0 Å². The van der Waals surface area contributed by atoms with Crippen LogP contribution in [-0.4, -0.2) is 19.1 Å². The number of benzene rings is 6. The summed E-state index contributed by atoms with van der Waals surface area (Å²) < 4.78 is 11.0. The molecule has 11 rings (SSSR count). The molecule has 0 fully saturated rings. The van der Waals surface area contributed by atoms with Crippen LogP contribution < -0.4 is 0 Å². The fourth-order valence-corrected chi connectivity index (χ4v) is 7.88. The Morgan fingerprint density at radius 1 is 0.392 bits per heavy atom. The van der Waals surface area contributed by atoms with E-state index in [2.05, 4.69) is 161 Å². The number of hydrogen-bond acceptors (Lipinski definition) is 3. The van der Waals surface area contributed by atoms with Gasteiger partial charge in [-0.1, -0.05) is 103 Å². The van der Waals surface area contributed by atoms with Gasteiger partial charge in [-0.25, -0.2) is 9.97 Å². The molecule has 51 heavy (non-hydrogen) atoms. The minimum absolute atomic E-state index is 0.717. The van der Waals surface area contributed by atoms with Crippen molar-refractivity contribution in [1.29, 1.82) is 0 Å². The third-order valence-corrected chi connectivity index (χ3v) is 10.1. The lowest BCUT2D eigenvalue weighted by molar-refractivity contribution is 0.667. The van der Waals surface area contributed by atoms with Crippen molar-refractivity contribution in [3.8, 4) is 33.9 Å². The molecule has 0 bridgehead atoms. The van der Waals surface area contributed by atoms with Gasteiger partial charge in [-0.15, -0.1) is 0 Å². The standard InChI is InChI=1S/C46H28N4O/c1-3-12-30(13-4-1)49-39-20-9-7-16-32(39)34-23-22-29(28-41(34)49)37-24-26-42-44(47-37)45-43(51-42)27-25-38(48-45)36-19-11-18-35-33-17-8-10-21-40(33)50(46(35)36)31-14-5-2-6-15-31/h1-28H. The molecule has 238 valence electrons. The molecule has 0 aliphatic carbocycles. The van der Waals surface area contributed by atoms with Gasteiger partial charge < -0.3 is 13.6 Å². The Morgan fingerprint density at radius 3 is 1.67 bits per heavy atom. The summed E-state index contributed by atoms with van der Waals surface area (Å²) in [5.74, 6) is 0. The molecule has 0 saturated carbocycles. The highest BCUT2D eigenvalue weighted by molar-refractivity contribution is 6.14. The normalized spacial score (nSPS) is 11.9. The SMILES string of the molecule is c1ccc(-n2c3ccccc3c3ccc(-c4ccc5oc6ccc(-c7cccc8c9ccccc9n(-c9ccccc9)c78)nc6c5n4)cc32)cc1. The highest BCUT2D eigenvalue weighted by atomic mass is 16.3. The van der Waals surface area contributed by atoms with Crippen LogP contribution in [0.25, 0.3) is 99.7 Å². The summed E-state index contributed by atoms with van der Waals surface area (Å²) in [4.78, 5) is 10.5. The van der Waals surface area contributed by atoms with Crippen LogP contribution in [0.15, 0.2) is 174 Å². The van der Waals surface area contributed by atoms with E-state index in [1.165, 1.54) is 27.1 Å². The van der Waals surface area contributed by atoms with Gasteiger partial charge in [0.05, 0.1) is 33.5 Å². The minimum Gasteiger partial charge on any atom is -0.453 e. The molecule has 0 spiro atoms. The predicted octanol–water partition coefficient (Wildman–Crippen LogP) is 11.9. The Bertz CT molecular complexity index is 3130. The monoisotopic (exact) mass is 652 g/mol. The Balaban J connectivity index is 1.11. The second-order valence-corrected chi connectivity index (χ2v) is 13.0. The molecule has 0 aliphatic rings. The number of hydrogen-bond donors (Lipinski definition) is 0. The molecule has 0 atom stereocenters. The molecule has 0 radical (unpaired) electrons. The zero-order valence-corrected chi connectivity index (χ0v) is 27.4. The first kappa shape index (κ1) is 27.9. The summed E-state index contributed by atoms with van der Waals surface area (Å²) in [6, 6.07) is 59.5. The second kappa shape index (κ2) is 10.8. The zero-order chi connectivity index (χ0) is 33.5. The van der Waals surface area contributed by atoms with Gasteiger partial charge in [0.15, 0.2) is 11.2 Å². The van der Waals surface area contributed by atoms with Crippen molar-refractivity contribution in [2.45, 2.75) is 0 Å². The van der Waals surface area contributed by atoms with Crippen LogP contribution in [0.1, 0.15) is 0 Å². The highest BCUT2D eigenvalue weighted by Gasteiger charge is 2.19. The second-order valence-electron chi connectivity index (χ2n) is 13.0. The van der Waals surface area contributed by atoms with E-state index in [0.29, 0.717) is 5.58 Å². The average molecular weight is 653 g/mol. The van der Waals surface area contributed by atoms with Crippen molar-refractivity contribution in [1.82, 2.24) is 19.1 Å². The maximum absolute atomic E-state index is 6.32. The van der Waals surface area contributed by atoms with Crippen LogP contribution in [0.5, 0.6) is 0 Å². The first-order chi connectivity index (χ1) is 25.3. The summed E-state index contributed by atoms with van der Waals surface area (Å²) in [5.41, 5.74) is 13.6.